The molecule has 0 saturated carbocycles. The number of aromatic amines is 1. The van der Waals surface area contributed by atoms with Crippen molar-refractivity contribution in [3.8, 4) is 0 Å². The Kier molecular flexibility index (Phi) is 4.60. The largest absolute Gasteiger partial charge is 0.444 e. The predicted molar refractivity (Wildman–Crippen MR) is 92.9 cm³/mol. The molecule has 24 heavy (non-hydrogen) atoms. The smallest absolute Gasteiger partial charge is 0.408 e. The predicted octanol–water partition coefficient (Wildman–Crippen LogP) is 3.90. The Balaban J connectivity index is 1.88. The molecule has 2 aromatic rings. The number of aromatic nitrogens is 2. The number of aryl methyl sites for hydroxylation is 2. The molecule has 1 aliphatic rings. The Morgan fingerprint density at radius 1 is 1.21 bits per heavy atom. The van der Waals surface area contributed by atoms with Gasteiger partial charge in [0.2, 0.25) is 0 Å². The van der Waals surface area contributed by atoms with E-state index in [4.69, 9.17) is 9.72 Å². The van der Waals surface area contributed by atoms with Crippen molar-refractivity contribution >= 4 is 6.09 Å². The molecule has 0 fully saturated rings. The van der Waals surface area contributed by atoms with E-state index < -0.39 is 11.7 Å². The highest BCUT2D eigenvalue weighted by atomic mass is 16.6. The number of carbonyl (C=O) groups is 1. The van der Waals surface area contributed by atoms with Gasteiger partial charge in [-0.1, -0.05) is 30.3 Å². The van der Waals surface area contributed by atoms with Crippen molar-refractivity contribution in [2.24, 2.45) is 0 Å². The van der Waals surface area contributed by atoms with Crippen molar-refractivity contribution in [3.05, 3.63) is 53.1 Å². The number of fused-ring (bicyclic) bond motifs is 1. The van der Waals surface area contributed by atoms with Gasteiger partial charge in [-0.3, -0.25) is 0 Å². The minimum Gasteiger partial charge on any atom is -0.444 e. The number of amides is 1. The Hall–Kier alpha value is -2.30. The van der Waals surface area contributed by atoms with Crippen LogP contribution in [0, 0.1) is 0 Å². The van der Waals surface area contributed by atoms with E-state index in [2.05, 4.69) is 10.3 Å². The summed E-state index contributed by atoms with van der Waals surface area (Å²) in [6, 6.07) is 9.52. The first-order chi connectivity index (χ1) is 11.4. The minimum absolute atomic E-state index is 0.341. The van der Waals surface area contributed by atoms with Crippen LogP contribution in [0.25, 0.3) is 0 Å². The van der Waals surface area contributed by atoms with Crippen LogP contribution >= 0.6 is 0 Å². The quantitative estimate of drug-likeness (QED) is 0.898. The molecule has 5 nitrogen and oxygen atoms in total. The molecule has 0 radical (unpaired) electrons. The molecule has 1 atom stereocenters. The number of nitrogens with one attached hydrogen (secondary N) is 2. The van der Waals surface area contributed by atoms with Crippen LogP contribution in [0.15, 0.2) is 30.3 Å². The summed E-state index contributed by atoms with van der Waals surface area (Å²) in [6.45, 7) is 5.57. The molecule has 3 rings (SSSR count). The summed E-state index contributed by atoms with van der Waals surface area (Å²) in [5.74, 6) is 0.777. The van der Waals surface area contributed by atoms with E-state index in [1.165, 1.54) is 18.5 Å². The van der Waals surface area contributed by atoms with E-state index >= 15 is 0 Å². The van der Waals surface area contributed by atoms with Crippen LogP contribution < -0.4 is 5.32 Å². The van der Waals surface area contributed by atoms with E-state index in [-0.39, 0.29) is 6.04 Å². The van der Waals surface area contributed by atoms with Gasteiger partial charge in [0.05, 0.1) is 5.69 Å². The molecule has 0 aliphatic heterocycles. The highest BCUT2D eigenvalue weighted by Gasteiger charge is 2.25. The zero-order chi connectivity index (χ0) is 17.2. The number of hydrogen-bond donors (Lipinski definition) is 2. The molecule has 1 aromatic heterocycles. The molecule has 1 amide bonds. The first-order valence-electron chi connectivity index (χ1n) is 8.54. The third kappa shape index (κ3) is 3.96. The number of rotatable bonds is 3. The molecule has 0 saturated heterocycles. The number of H-pyrrole nitrogens is 1. The number of alkyl carbamates (subject to hydrolysis) is 1. The molecule has 0 unspecified atom stereocenters. The lowest BCUT2D eigenvalue weighted by Gasteiger charge is -2.23. The third-order valence-electron chi connectivity index (χ3n) is 4.04. The summed E-state index contributed by atoms with van der Waals surface area (Å²) in [5, 5.41) is 2.96. The second-order valence-corrected chi connectivity index (χ2v) is 7.24. The number of carbonyl (C=O) groups excluding carboxylic acids is 1. The molecular weight excluding hydrogens is 302 g/mol. The molecule has 1 aromatic carbocycles. The average Bonchev–Trinajstić information content (AvgIpc) is 2.95. The lowest BCUT2D eigenvalue weighted by molar-refractivity contribution is 0.0510. The van der Waals surface area contributed by atoms with Gasteiger partial charge in [-0.05, 0) is 52.0 Å². The SMILES string of the molecule is CC(C)(C)OC(=O)N[C@@H](c1ccccc1)c1nc2c([nH]1)CCCC2. The fourth-order valence-corrected chi connectivity index (χ4v) is 2.99. The first kappa shape index (κ1) is 16.6. The Morgan fingerprint density at radius 2 is 1.92 bits per heavy atom. The maximum atomic E-state index is 12.3. The Morgan fingerprint density at radius 3 is 2.58 bits per heavy atom. The van der Waals surface area contributed by atoms with Crippen molar-refractivity contribution < 1.29 is 9.53 Å². The number of imidazole rings is 1. The van der Waals surface area contributed by atoms with E-state index in [9.17, 15) is 4.79 Å². The van der Waals surface area contributed by atoms with Crippen molar-refractivity contribution in [2.75, 3.05) is 0 Å². The number of ether oxygens (including phenoxy) is 1. The van der Waals surface area contributed by atoms with Gasteiger partial charge in [0.1, 0.15) is 17.5 Å². The lowest BCUT2D eigenvalue weighted by atomic mass is 10.0. The van der Waals surface area contributed by atoms with Crippen LogP contribution in [0.4, 0.5) is 4.79 Å². The summed E-state index contributed by atoms with van der Waals surface area (Å²) in [5.41, 5.74) is 2.77. The normalized spacial score (nSPS) is 15.5. The number of nitrogens with zero attached hydrogens (tertiary/aromatic N) is 1. The maximum Gasteiger partial charge on any atom is 0.408 e. The molecule has 5 heteroatoms. The molecule has 2 N–H and O–H groups in total. The van der Waals surface area contributed by atoms with Crippen molar-refractivity contribution in [3.63, 3.8) is 0 Å². The lowest BCUT2D eigenvalue weighted by Crippen LogP contribution is -2.35. The molecule has 1 heterocycles. The van der Waals surface area contributed by atoms with Gasteiger partial charge in [-0.15, -0.1) is 0 Å². The van der Waals surface area contributed by atoms with E-state index in [1.807, 2.05) is 51.1 Å². The summed E-state index contributed by atoms with van der Waals surface area (Å²) in [7, 11) is 0. The average molecular weight is 327 g/mol. The topological polar surface area (TPSA) is 67.0 Å². The van der Waals surface area contributed by atoms with Crippen molar-refractivity contribution in [2.45, 2.75) is 58.1 Å². The maximum absolute atomic E-state index is 12.3. The standard InChI is InChI=1S/C19H25N3O2/c1-19(2,3)24-18(23)22-16(13-9-5-4-6-10-13)17-20-14-11-7-8-12-15(14)21-17/h4-6,9-10,16H,7-8,11-12H2,1-3H3,(H,20,21)(H,22,23)/t16-/m0/s1. The van der Waals surface area contributed by atoms with E-state index in [1.54, 1.807) is 0 Å². The second kappa shape index (κ2) is 6.67. The molecular formula is C19H25N3O2. The molecule has 0 bridgehead atoms. The van der Waals surface area contributed by atoms with E-state index in [0.29, 0.717) is 0 Å². The summed E-state index contributed by atoms with van der Waals surface area (Å²) in [4.78, 5) is 20.5. The van der Waals surface area contributed by atoms with E-state index in [0.717, 1.165) is 29.9 Å². The van der Waals surface area contributed by atoms with Gasteiger partial charge in [0.15, 0.2) is 0 Å². The fourth-order valence-electron chi connectivity index (χ4n) is 2.99. The summed E-state index contributed by atoms with van der Waals surface area (Å²) >= 11 is 0. The summed E-state index contributed by atoms with van der Waals surface area (Å²) in [6.07, 6.45) is 3.94. The minimum atomic E-state index is -0.534. The fraction of sp³-hybridized carbons (Fsp3) is 0.474. The van der Waals surface area contributed by atoms with Gasteiger partial charge in [-0.2, -0.15) is 0 Å². The number of benzene rings is 1. The number of hydrogen-bond acceptors (Lipinski definition) is 3. The van der Waals surface area contributed by atoms with Gasteiger partial charge < -0.3 is 15.0 Å². The van der Waals surface area contributed by atoms with Crippen LogP contribution in [-0.2, 0) is 17.6 Å². The monoisotopic (exact) mass is 327 g/mol. The first-order valence-corrected chi connectivity index (χ1v) is 8.54. The van der Waals surface area contributed by atoms with Crippen molar-refractivity contribution in [1.82, 2.24) is 15.3 Å². The van der Waals surface area contributed by atoms with Crippen LogP contribution in [0.3, 0.4) is 0 Å². The zero-order valence-corrected chi connectivity index (χ0v) is 14.6. The summed E-state index contributed by atoms with van der Waals surface area (Å²) < 4.78 is 5.42. The molecule has 128 valence electrons. The third-order valence-corrected chi connectivity index (χ3v) is 4.04. The Bertz CT molecular complexity index is 678. The second-order valence-electron chi connectivity index (χ2n) is 7.24. The zero-order valence-electron chi connectivity index (χ0n) is 14.6. The highest BCUT2D eigenvalue weighted by Crippen LogP contribution is 2.25. The van der Waals surface area contributed by atoms with Gasteiger partial charge >= 0.3 is 6.09 Å². The van der Waals surface area contributed by atoms with Crippen LogP contribution in [0.5, 0.6) is 0 Å². The Labute approximate surface area is 142 Å². The van der Waals surface area contributed by atoms with Crippen LogP contribution in [-0.4, -0.2) is 21.7 Å². The van der Waals surface area contributed by atoms with Gasteiger partial charge in [0, 0.05) is 5.69 Å². The van der Waals surface area contributed by atoms with Crippen LogP contribution in [0.2, 0.25) is 0 Å². The molecule has 0 spiro atoms. The van der Waals surface area contributed by atoms with Gasteiger partial charge in [-0.25, -0.2) is 9.78 Å². The highest BCUT2D eigenvalue weighted by molar-refractivity contribution is 5.69. The van der Waals surface area contributed by atoms with Crippen LogP contribution in [0.1, 0.15) is 62.4 Å². The molecule has 1 aliphatic carbocycles. The van der Waals surface area contributed by atoms with Gasteiger partial charge in [0.25, 0.3) is 0 Å². The van der Waals surface area contributed by atoms with Crippen molar-refractivity contribution in [1.29, 1.82) is 0 Å².